The summed E-state index contributed by atoms with van der Waals surface area (Å²) in [5, 5.41) is 0. The summed E-state index contributed by atoms with van der Waals surface area (Å²) in [7, 11) is 1.30. The fraction of sp³-hybridized carbons (Fsp3) is 0.346. The second-order valence-corrected chi connectivity index (χ2v) is 8.24. The van der Waals surface area contributed by atoms with Crippen molar-refractivity contribution in [3.8, 4) is 0 Å². The van der Waals surface area contributed by atoms with Gasteiger partial charge >= 0.3 is 12.1 Å². The van der Waals surface area contributed by atoms with E-state index in [9.17, 15) is 18.0 Å². The Hall–Kier alpha value is -3.22. The number of methoxy groups -OCH3 is 1. The van der Waals surface area contributed by atoms with Crippen molar-refractivity contribution in [2.75, 3.05) is 7.11 Å². The summed E-state index contributed by atoms with van der Waals surface area (Å²) in [6.07, 6.45) is -2.86. The van der Waals surface area contributed by atoms with Gasteiger partial charge in [0, 0.05) is 12.6 Å². The predicted octanol–water partition coefficient (Wildman–Crippen LogP) is 5.71. The van der Waals surface area contributed by atoms with Crippen LogP contribution in [0.25, 0.3) is 0 Å². The number of ether oxygens (including phenoxy) is 1. The third-order valence-electron chi connectivity index (χ3n) is 5.54. The van der Waals surface area contributed by atoms with Crippen LogP contribution in [-0.4, -0.2) is 23.0 Å². The second-order valence-electron chi connectivity index (χ2n) is 8.24. The van der Waals surface area contributed by atoms with Gasteiger partial charge in [-0.1, -0.05) is 62.4 Å². The third-order valence-corrected chi connectivity index (χ3v) is 5.54. The highest BCUT2D eigenvalue weighted by Crippen LogP contribution is 2.31. The maximum absolute atomic E-state index is 13.6. The Morgan fingerprint density at radius 3 is 2.27 bits per heavy atom. The Labute approximate surface area is 191 Å². The fourth-order valence-corrected chi connectivity index (χ4v) is 3.63. The van der Waals surface area contributed by atoms with Crippen molar-refractivity contribution in [1.82, 2.24) is 9.97 Å². The minimum absolute atomic E-state index is 0.0424. The number of esters is 1. The number of halogens is 3. The number of hydrogen-bond donors (Lipinski definition) is 0. The smallest absolute Gasteiger partial charge is 0.419 e. The molecule has 3 aromatic rings. The Morgan fingerprint density at radius 1 is 1.00 bits per heavy atom. The molecule has 33 heavy (non-hydrogen) atoms. The summed E-state index contributed by atoms with van der Waals surface area (Å²) in [5.41, 5.74) is 2.79. The van der Waals surface area contributed by atoms with Crippen molar-refractivity contribution in [2.24, 2.45) is 0 Å². The van der Waals surface area contributed by atoms with E-state index in [1.54, 1.807) is 18.2 Å². The zero-order valence-corrected chi connectivity index (χ0v) is 18.9. The molecule has 0 fully saturated rings. The lowest BCUT2D eigenvalue weighted by Gasteiger charge is -2.14. The Kier molecular flexibility index (Phi) is 7.84. The summed E-state index contributed by atoms with van der Waals surface area (Å²) >= 11 is 0. The van der Waals surface area contributed by atoms with Gasteiger partial charge in [-0.05, 0) is 41.0 Å². The van der Waals surface area contributed by atoms with Gasteiger partial charge in [-0.25, -0.2) is 9.97 Å². The molecule has 0 bridgehead atoms. The van der Waals surface area contributed by atoms with Crippen LogP contribution >= 0.6 is 0 Å². The molecule has 0 atom stereocenters. The van der Waals surface area contributed by atoms with Crippen molar-refractivity contribution in [3.05, 3.63) is 94.1 Å². The lowest BCUT2D eigenvalue weighted by atomic mass is 9.98. The molecule has 0 aliphatic rings. The van der Waals surface area contributed by atoms with Gasteiger partial charge in [0.05, 0.1) is 24.8 Å². The Bertz CT molecular complexity index is 1090. The van der Waals surface area contributed by atoms with Gasteiger partial charge in [-0.2, -0.15) is 13.2 Å². The van der Waals surface area contributed by atoms with E-state index in [1.807, 2.05) is 30.3 Å². The highest BCUT2D eigenvalue weighted by atomic mass is 19.4. The van der Waals surface area contributed by atoms with Crippen LogP contribution in [0, 0.1) is 0 Å². The van der Waals surface area contributed by atoms with Gasteiger partial charge in [0.1, 0.15) is 5.82 Å². The minimum atomic E-state index is -4.54. The third kappa shape index (κ3) is 6.63. The number of carbonyl (C=O) groups excluding carboxylic acids is 1. The van der Waals surface area contributed by atoms with Gasteiger partial charge in [-0.3, -0.25) is 4.79 Å². The van der Waals surface area contributed by atoms with Crippen LogP contribution < -0.4 is 0 Å². The highest BCUT2D eigenvalue weighted by molar-refractivity contribution is 5.72. The molecule has 174 valence electrons. The van der Waals surface area contributed by atoms with Crippen molar-refractivity contribution in [1.29, 1.82) is 0 Å². The molecule has 2 aromatic carbocycles. The van der Waals surface area contributed by atoms with Gasteiger partial charge in [0.15, 0.2) is 0 Å². The van der Waals surface area contributed by atoms with E-state index in [2.05, 4.69) is 23.8 Å². The van der Waals surface area contributed by atoms with E-state index < -0.39 is 17.7 Å². The van der Waals surface area contributed by atoms with Crippen molar-refractivity contribution < 1.29 is 22.7 Å². The second kappa shape index (κ2) is 10.6. The number of rotatable bonds is 8. The van der Waals surface area contributed by atoms with E-state index in [4.69, 9.17) is 4.74 Å². The van der Waals surface area contributed by atoms with Gasteiger partial charge < -0.3 is 4.74 Å². The summed E-state index contributed by atoms with van der Waals surface area (Å²) in [4.78, 5) is 20.0. The Balaban J connectivity index is 1.84. The molecule has 4 nitrogen and oxygen atoms in total. The molecule has 1 heterocycles. The SMILES string of the molecule is COC(=O)Cc1ccccc1CCc1nc(Cc2ccc(C(C)C)cc2)ncc1C(F)(F)F. The van der Waals surface area contributed by atoms with Gasteiger partial charge in [0.25, 0.3) is 0 Å². The number of nitrogens with zero attached hydrogens (tertiary/aromatic N) is 2. The standard InChI is InChI=1S/C26H27F3N2O2/c1-17(2)19-10-8-18(9-11-19)14-24-30-16-22(26(27,28)29)23(31-24)13-12-20-6-4-5-7-21(20)15-25(32)33-3/h4-11,16-17H,12-15H2,1-3H3. The molecule has 0 radical (unpaired) electrons. The number of aryl methyl sites for hydroxylation is 2. The molecule has 0 saturated heterocycles. The van der Waals surface area contributed by atoms with Crippen LogP contribution in [0.3, 0.4) is 0 Å². The normalized spacial score (nSPS) is 11.6. The maximum atomic E-state index is 13.6. The quantitative estimate of drug-likeness (QED) is 0.408. The number of alkyl halides is 3. The van der Waals surface area contributed by atoms with E-state index in [-0.39, 0.29) is 18.5 Å². The molecule has 0 aliphatic carbocycles. The van der Waals surface area contributed by atoms with E-state index in [0.717, 1.165) is 22.9 Å². The monoisotopic (exact) mass is 456 g/mol. The molecular formula is C26H27F3N2O2. The molecule has 0 spiro atoms. The lowest BCUT2D eigenvalue weighted by molar-refractivity contribution is -0.140. The summed E-state index contributed by atoms with van der Waals surface area (Å²) < 4.78 is 45.5. The van der Waals surface area contributed by atoms with E-state index in [0.29, 0.717) is 24.6 Å². The first-order chi connectivity index (χ1) is 15.7. The Morgan fingerprint density at radius 2 is 1.67 bits per heavy atom. The van der Waals surface area contributed by atoms with Crippen LogP contribution in [0.2, 0.25) is 0 Å². The number of hydrogen-bond acceptors (Lipinski definition) is 4. The average molecular weight is 457 g/mol. The largest absolute Gasteiger partial charge is 0.469 e. The fourth-order valence-electron chi connectivity index (χ4n) is 3.63. The van der Waals surface area contributed by atoms with Gasteiger partial charge in [-0.15, -0.1) is 0 Å². The molecular weight excluding hydrogens is 429 g/mol. The number of benzene rings is 2. The summed E-state index contributed by atoms with van der Waals surface area (Å²) in [6.45, 7) is 4.20. The van der Waals surface area contributed by atoms with Crippen LogP contribution in [0.4, 0.5) is 13.2 Å². The first-order valence-corrected chi connectivity index (χ1v) is 10.8. The topological polar surface area (TPSA) is 52.1 Å². The highest BCUT2D eigenvalue weighted by Gasteiger charge is 2.34. The van der Waals surface area contributed by atoms with Gasteiger partial charge in [0.2, 0.25) is 0 Å². The van der Waals surface area contributed by atoms with E-state index in [1.165, 1.54) is 12.7 Å². The molecule has 0 N–H and O–H groups in total. The molecule has 0 unspecified atom stereocenters. The number of carbonyl (C=O) groups is 1. The summed E-state index contributed by atoms with van der Waals surface area (Å²) in [6, 6.07) is 15.1. The zero-order valence-electron chi connectivity index (χ0n) is 18.9. The first-order valence-electron chi connectivity index (χ1n) is 10.8. The van der Waals surface area contributed by atoms with Crippen LogP contribution in [0.5, 0.6) is 0 Å². The molecule has 0 saturated carbocycles. The summed E-state index contributed by atoms with van der Waals surface area (Å²) in [5.74, 6) is 0.347. The molecule has 7 heteroatoms. The van der Waals surface area contributed by atoms with Crippen molar-refractivity contribution >= 4 is 5.97 Å². The lowest BCUT2D eigenvalue weighted by Crippen LogP contribution is -2.15. The first kappa shape index (κ1) is 24.4. The van der Waals surface area contributed by atoms with Crippen molar-refractivity contribution in [2.45, 2.75) is 51.6 Å². The maximum Gasteiger partial charge on any atom is 0.419 e. The molecule has 1 aromatic heterocycles. The van der Waals surface area contributed by atoms with Crippen LogP contribution in [-0.2, 0) is 41.4 Å². The predicted molar refractivity (Wildman–Crippen MR) is 120 cm³/mol. The van der Waals surface area contributed by atoms with Crippen LogP contribution in [0.15, 0.2) is 54.7 Å². The average Bonchev–Trinajstić information content (AvgIpc) is 2.78. The molecule has 0 amide bonds. The zero-order chi connectivity index (χ0) is 24.0. The molecule has 3 rings (SSSR count). The molecule has 0 aliphatic heterocycles. The van der Waals surface area contributed by atoms with Crippen molar-refractivity contribution in [3.63, 3.8) is 0 Å². The minimum Gasteiger partial charge on any atom is -0.469 e. The number of aromatic nitrogens is 2. The van der Waals surface area contributed by atoms with E-state index >= 15 is 0 Å². The van der Waals surface area contributed by atoms with Crippen LogP contribution in [0.1, 0.15) is 59.1 Å².